The van der Waals surface area contributed by atoms with Crippen LogP contribution in [0, 0.1) is 0 Å². The summed E-state index contributed by atoms with van der Waals surface area (Å²) in [7, 11) is 0. The van der Waals surface area contributed by atoms with Crippen molar-refractivity contribution in [3.63, 3.8) is 0 Å². The lowest BCUT2D eigenvalue weighted by Crippen LogP contribution is -2.45. The number of fused-ring (bicyclic) bond motifs is 2. The van der Waals surface area contributed by atoms with Crippen molar-refractivity contribution < 1.29 is 9.53 Å². The monoisotopic (exact) mass is 226 g/mol. The summed E-state index contributed by atoms with van der Waals surface area (Å²) in [5.74, 6) is 0. The molecule has 1 amide bonds. The third-order valence-electron chi connectivity index (χ3n) is 3.26. The second kappa shape index (κ2) is 4.24. The Labute approximate surface area is 97.3 Å². The first kappa shape index (κ1) is 11.7. The molecule has 0 aromatic carbocycles. The van der Waals surface area contributed by atoms with E-state index in [9.17, 15) is 4.79 Å². The highest BCUT2D eigenvalue weighted by molar-refractivity contribution is 5.69. The summed E-state index contributed by atoms with van der Waals surface area (Å²) in [5, 5.41) is 3.38. The van der Waals surface area contributed by atoms with Crippen LogP contribution in [0.4, 0.5) is 4.79 Å². The van der Waals surface area contributed by atoms with Gasteiger partial charge in [-0.3, -0.25) is 0 Å². The van der Waals surface area contributed by atoms with E-state index in [2.05, 4.69) is 5.32 Å². The molecule has 4 heteroatoms. The standard InChI is InChI=1S/C12H22N2O2/c1-12(2,3)16-11(15)14-9-4-5-10(14)8-13-7-6-9/h9-10,13H,4-8H2,1-3H3/t9-,10+/m0/s1. The van der Waals surface area contributed by atoms with Crippen LogP contribution in [0.15, 0.2) is 0 Å². The molecule has 0 unspecified atom stereocenters. The highest BCUT2D eigenvalue weighted by Crippen LogP contribution is 2.29. The van der Waals surface area contributed by atoms with E-state index in [1.807, 2.05) is 25.7 Å². The Kier molecular flexibility index (Phi) is 3.10. The molecule has 16 heavy (non-hydrogen) atoms. The van der Waals surface area contributed by atoms with E-state index in [0.717, 1.165) is 32.4 Å². The molecule has 0 spiro atoms. The summed E-state index contributed by atoms with van der Waals surface area (Å²) in [6.45, 7) is 7.69. The maximum absolute atomic E-state index is 12.1. The number of amides is 1. The van der Waals surface area contributed by atoms with Gasteiger partial charge in [0.15, 0.2) is 0 Å². The first-order valence-corrected chi connectivity index (χ1v) is 6.19. The third kappa shape index (κ3) is 2.48. The Bertz CT molecular complexity index is 259. The van der Waals surface area contributed by atoms with Crippen molar-refractivity contribution in [1.29, 1.82) is 0 Å². The summed E-state index contributed by atoms with van der Waals surface area (Å²) < 4.78 is 5.47. The normalized spacial score (nSPS) is 30.1. The number of rotatable bonds is 0. The van der Waals surface area contributed by atoms with E-state index in [4.69, 9.17) is 4.74 Å². The molecule has 0 aromatic rings. The van der Waals surface area contributed by atoms with Gasteiger partial charge in [-0.15, -0.1) is 0 Å². The Hall–Kier alpha value is -0.770. The Morgan fingerprint density at radius 1 is 1.25 bits per heavy atom. The van der Waals surface area contributed by atoms with Gasteiger partial charge >= 0.3 is 6.09 Å². The minimum atomic E-state index is -0.393. The largest absolute Gasteiger partial charge is 0.444 e. The van der Waals surface area contributed by atoms with Crippen molar-refractivity contribution in [3.8, 4) is 0 Å². The van der Waals surface area contributed by atoms with Gasteiger partial charge < -0.3 is 15.0 Å². The molecule has 0 aliphatic carbocycles. The molecule has 2 heterocycles. The molecule has 0 aromatic heterocycles. The number of ether oxygens (including phenoxy) is 1. The fourth-order valence-electron chi connectivity index (χ4n) is 2.60. The molecule has 92 valence electrons. The lowest BCUT2D eigenvalue weighted by molar-refractivity contribution is 0.0161. The number of carbonyl (C=O) groups excluding carboxylic acids is 1. The summed E-state index contributed by atoms with van der Waals surface area (Å²) in [6, 6.07) is 0.720. The predicted molar refractivity (Wildman–Crippen MR) is 62.4 cm³/mol. The summed E-state index contributed by atoms with van der Waals surface area (Å²) >= 11 is 0. The van der Waals surface area contributed by atoms with Gasteiger partial charge in [-0.2, -0.15) is 0 Å². The smallest absolute Gasteiger partial charge is 0.410 e. The van der Waals surface area contributed by atoms with E-state index < -0.39 is 5.60 Å². The van der Waals surface area contributed by atoms with Gasteiger partial charge in [0.05, 0.1) is 0 Å². The molecule has 2 aliphatic rings. The molecule has 2 bridgehead atoms. The number of carbonyl (C=O) groups is 1. The quantitative estimate of drug-likeness (QED) is 0.684. The Balaban J connectivity index is 2.05. The van der Waals surface area contributed by atoms with Crippen molar-refractivity contribution in [2.75, 3.05) is 13.1 Å². The highest BCUT2D eigenvalue weighted by atomic mass is 16.6. The van der Waals surface area contributed by atoms with Crippen LogP contribution in [-0.2, 0) is 4.74 Å². The van der Waals surface area contributed by atoms with Crippen LogP contribution in [0.5, 0.6) is 0 Å². The van der Waals surface area contributed by atoms with Gasteiger partial charge in [0.25, 0.3) is 0 Å². The van der Waals surface area contributed by atoms with E-state index in [0.29, 0.717) is 12.1 Å². The van der Waals surface area contributed by atoms with Crippen LogP contribution in [0.1, 0.15) is 40.0 Å². The zero-order chi connectivity index (χ0) is 11.8. The van der Waals surface area contributed by atoms with Crippen molar-refractivity contribution >= 4 is 6.09 Å². The minimum Gasteiger partial charge on any atom is -0.444 e. The van der Waals surface area contributed by atoms with Crippen molar-refractivity contribution in [2.45, 2.75) is 57.7 Å². The molecule has 0 saturated carbocycles. The third-order valence-corrected chi connectivity index (χ3v) is 3.26. The first-order chi connectivity index (χ1) is 7.47. The van der Waals surface area contributed by atoms with E-state index in [1.165, 1.54) is 0 Å². The second-order valence-corrected chi connectivity index (χ2v) is 5.77. The van der Waals surface area contributed by atoms with Gasteiger partial charge in [0.2, 0.25) is 0 Å². The van der Waals surface area contributed by atoms with Crippen LogP contribution in [0.3, 0.4) is 0 Å². The number of hydrogen-bond donors (Lipinski definition) is 1. The average molecular weight is 226 g/mol. The highest BCUT2D eigenvalue weighted by Gasteiger charge is 2.39. The van der Waals surface area contributed by atoms with Gasteiger partial charge in [-0.25, -0.2) is 4.79 Å². The summed E-state index contributed by atoms with van der Waals surface area (Å²) in [4.78, 5) is 14.1. The lowest BCUT2D eigenvalue weighted by Gasteiger charge is -2.30. The predicted octanol–water partition coefficient (Wildman–Crippen LogP) is 1.75. The SMILES string of the molecule is CC(C)(C)OC(=O)N1[C@@H]2CCNC[C@H]1CC2. The fraction of sp³-hybridized carbons (Fsp3) is 0.917. The van der Waals surface area contributed by atoms with Crippen LogP contribution < -0.4 is 5.32 Å². The van der Waals surface area contributed by atoms with Crippen molar-refractivity contribution in [2.24, 2.45) is 0 Å². The fourth-order valence-corrected chi connectivity index (χ4v) is 2.60. The van der Waals surface area contributed by atoms with Crippen LogP contribution in [0.25, 0.3) is 0 Å². The van der Waals surface area contributed by atoms with Gasteiger partial charge in [0, 0.05) is 18.6 Å². The average Bonchev–Trinajstić information content (AvgIpc) is 2.36. The second-order valence-electron chi connectivity index (χ2n) is 5.77. The van der Waals surface area contributed by atoms with Crippen molar-refractivity contribution in [1.82, 2.24) is 10.2 Å². The lowest BCUT2D eigenvalue weighted by atomic mass is 10.1. The Morgan fingerprint density at radius 2 is 1.94 bits per heavy atom. The van der Waals surface area contributed by atoms with Gasteiger partial charge in [-0.1, -0.05) is 0 Å². The Morgan fingerprint density at radius 3 is 2.62 bits per heavy atom. The van der Waals surface area contributed by atoms with Crippen molar-refractivity contribution in [3.05, 3.63) is 0 Å². The molecular formula is C12H22N2O2. The molecule has 4 nitrogen and oxygen atoms in total. The van der Waals surface area contributed by atoms with E-state index >= 15 is 0 Å². The number of nitrogens with one attached hydrogen (secondary N) is 1. The maximum Gasteiger partial charge on any atom is 0.410 e. The van der Waals surface area contributed by atoms with E-state index in [1.54, 1.807) is 0 Å². The first-order valence-electron chi connectivity index (χ1n) is 6.19. The zero-order valence-corrected chi connectivity index (χ0v) is 10.5. The molecule has 2 aliphatic heterocycles. The van der Waals surface area contributed by atoms with Crippen LogP contribution >= 0.6 is 0 Å². The van der Waals surface area contributed by atoms with Gasteiger partial charge in [-0.05, 0) is 46.6 Å². The van der Waals surface area contributed by atoms with Gasteiger partial charge in [0.1, 0.15) is 5.60 Å². The zero-order valence-electron chi connectivity index (χ0n) is 10.5. The van der Waals surface area contributed by atoms with Crippen LogP contribution in [0.2, 0.25) is 0 Å². The van der Waals surface area contributed by atoms with Crippen LogP contribution in [-0.4, -0.2) is 41.8 Å². The summed E-state index contributed by atoms with van der Waals surface area (Å²) in [5.41, 5.74) is -0.393. The molecular weight excluding hydrogens is 204 g/mol. The summed E-state index contributed by atoms with van der Waals surface area (Å²) in [6.07, 6.45) is 3.15. The molecule has 1 N–H and O–H groups in total. The maximum atomic E-state index is 12.1. The number of hydrogen-bond acceptors (Lipinski definition) is 3. The molecule has 0 radical (unpaired) electrons. The molecule has 2 rings (SSSR count). The minimum absolute atomic E-state index is 0.135. The molecule has 2 atom stereocenters. The number of nitrogens with zero attached hydrogens (tertiary/aromatic N) is 1. The molecule has 2 saturated heterocycles. The molecule has 2 fully saturated rings. The topological polar surface area (TPSA) is 41.6 Å². The van der Waals surface area contributed by atoms with E-state index in [-0.39, 0.29) is 6.09 Å².